The maximum Gasteiger partial charge on any atom is 0.317 e. The lowest BCUT2D eigenvalue weighted by Crippen LogP contribution is -2.53. The van der Waals surface area contributed by atoms with E-state index in [1.165, 1.54) is 0 Å². The molecular formula is C28H38N6O2. The van der Waals surface area contributed by atoms with Crippen LogP contribution in [0.25, 0.3) is 16.6 Å². The third-order valence-electron chi connectivity index (χ3n) is 7.57. The number of carbonyl (C=O) groups excluding carboxylic acids is 1. The van der Waals surface area contributed by atoms with E-state index in [4.69, 9.17) is 0 Å². The molecule has 4 heterocycles. The van der Waals surface area contributed by atoms with E-state index in [0.717, 1.165) is 53.9 Å². The van der Waals surface area contributed by atoms with Gasteiger partial charge in [0.05, 0.1) is 11.2 Å². The van der Waals surface area contributed by atoms with Crippen LogP contribution in [0.1, 0.15) is 39.7 Å². The van der Waals surface area contributed by atoms with Gasteiger partial charge in [0.25, 0.3) is 0 Å². The smallest absolute Gasteiger partial charge is 0.317 e. The third-order valence-corrected chi connectivity index (χ3v) is 7.57. The SMILES string of the molecule is CC(C)NC(=O)N1CCN(c2ccnn3cc(-c4ccc([C@]5(O)CCN(C(C)C)C5)cc4)cc23)CC1. The number of urea groups is 1. The monoisotopic (exact) mass is 490 g/mol. The first-order valence-electron chi connectivity index (χ1n) is 13.1. The van der Waals surface area contributed by atoms with Crippen molar-refractivity contribution in [2.24, 2.45) is 0 Å². The number of anilines is 1. The van der Waals surface area contributed by atoms with Crippen LogP contribution in [0.2, 0.25) is 0 Å². The summed E-state index contributed by atoms with van der Waals surface area (Å²) in [6.07, 6.45) is 4.66. The average Bonchev–Trinajstić information content (AvgIpc) is 3.49. The molecule has 8 nitrogen and oxygen atoms in total. The van der Waals surface area contributed by atoms with Crippen LogP contribution in [0.4, 0.5) is 10.5 Å². The molecule has 5 rings (SSSR count). The molecule has 0 saturated carbocycles. The quantitative estimate of drug-likeness (QED) is 0.572. The molecule has 0 aliphatic carbocycles. The van der Waals surface area contributed by atoms with Crippen LogP contribution in [-0.4, -0.2) is 81.9 Å². The van der Waals surface area contributed by atoms with Crippen molar-refractivity contribution in [2.45, 2.75) is 51.8 Å². The molecule has 2 N–H and O–H groups in total. The summed E-state index contributed by atoms with van der Waals surface area (Å²) in [5.41, 5.74) is 4.59. The Kier molecular flexibility index (Phi) is 6.66. The summed E-state index contributed by atoms with van der Waals surface area (Å²) in [5.74, 6) is 0. The number of benzene rings is 1. The Morgan fingerprint density at radius 1 is 1.00 bits per heavy atom. The zero-order valence-corrected chi connectivity index (χ0v) is 21.8. The van der Waals surface area contributed by atoms with Crippen LogP contribution in [0.15, 0.2) is 48.8 Å². The summed E-state index contributed by atoms with van der Waals surface area (Å²) < 4.78 is 1.93. The van der Waals surface area contributed by atoms with Gasteiger partial charge in [-0.25, -0.2) is 9.31 Å². The first-order valence-corrected chi connectivity index (χ1v) is 13.1. The van der Waals surface area contributed by atoms with Crippen LogP contribution in [0.5, 0.6) is 0 Å². The van der Waals surface area contributed by atoms with Crippen LogP contribution in [-0.2, 0) is 5.60 Å². The molecule has 0 spiro atoms. The van der Waals surface area contributed by atoms with E-state index in [1.54, 1.807) is 0 Å². The fourth-order valence-electron chi connectivity index (χ4n) is 5.39. The highest BCUT2D eigenvalue weighted by Gasteiger charge is 2.38. The minimum Gasteiger partial charge on any atom is -0.384 e. The van der Waals surface area contributed by atoms with Crippen LogP contribution in [0.3, 0.4) is 0 Å². The zero-order valence-electron chi connectivity index (χ0n) is 21.8. The molecule has 3 aromatic rings. The predicted octanol–water partition coefficient (Wildman–Crippen LogP) is 3.54. The minimum atomic E-state index is -0.781. The highest BCUT2D eigenvalue weighted by molar-refractivity contribution is 5.80. The van der Waals surface area contributed by atoms with Crippen LogP contribution >= 0.6 is 0 Å². The van der Waals surface area contributed by atoms with E-state index in [2.05, 4.69) is 76.7 Å². The second-order valence-corrected chi connectivity index (χ2v) is 10.8. The molecule has 8 heteroatoms. The van der Waals surface area contributed by atoms with Gasteiger partial charge in [-0.05, 0) is 57.4 Å². The van der Waals surface area contributed by atoms with E-state index in [9.17, 15) is 9.90 Å². The number of piperazine rings is 1. The van der Waals surface area contributed by atoms with Gasteiger partial charge >= 0.3 is 6.03 Å². The molecule has 2 aromatic heterocycles. The third kappa shape index (κ3) is 4.80. The van der Waals surface area contributed by atoms with E-state index in [-0.39, 0.29) is 12.1 Å². The van der Waals surface area contributed by atoms with Crippen molar-refractivity contribution in [3.63, 3.8) is 0 Å². The summed E-state index contributed by atoms with van der Waals surface area (Å²) in [7, 11) is 0. The standard InChI is InChI=1S/C28H38N6O2/c1-20(2)30-27(35)32-15-13-31(14-16-32)25-9-11-29-34-18-23(17-26(25)34)22-5-7-24(8-6-22)28(36)10-12-33(19-28)21(3)4/h5-9,11,17-18,20-21,36H,10,12-16,19H2,1-4H3,(H,30,35)/t28-/m0/s1. The van der Waals surface area contributed by atoms with Crippen molar-refractivity contribution in [3.8, 4) is 11.1 Å². The Labute approximate surface area is 213 Å². The molecule has 1 aromatic carbocycles. The van der Waals surface area contributed by atoms with Crippen molar-refractivity contribution < 1.29 is 9.90 Å². The molecule has 2 fully saturated rings. The number of hydrogen-bond acceptors (Lipinski definition) is 5. The Morgan fingerprint density at radius 3 is 2.36 bits per heavy atom. The van der Waals surface area contributed by atoms with E-state index in [0.29, 0.717) is 25.7 Å². The van der Waals surface area contributed by atoms with E-state index < -0.39 is 5.60 Å². The molecule has 2 aliphatic rings. The number of nitrogens with zero attached hydrogens (tertiary/aromatic N) is 5. The second kappa shape index (κ2) is 9.75. The first-order chi connectivity index (χ1) is 17.2. The van der Waals surface area contributed by atoms with E-state index in [1.807, 2.05) is 29.5 Å². The van der Waals surface area contributed by atoms with Gasteiger partial charge in [-0.1, -0.05) is 24.3 Å². The molecular weight excluding hydrogens is 452 g/mol. The molecule has 2 amide bonds. The van der Waals surface area contributed by atoms with Gasteiger partial charge < -0.3 is 20.2 Å². The molecule has 2 aliphatic heterocycles. The number of aromatic nitrogens is 2. The fourth-order valence-corrected chi connectivity index (χ4v) is 5.39. The topological polar surface area (TPSA) is 76.4 Å². The van der Waals surface area contributed by atoms with Gasteiger partial charge in [0.2, 0.25) is 0 Å². The predicted molar refractivity (Wildman–Crippen MR) is 143 cm³/mol. The Bertz CT molecular complexity index is 1210. The van der Waals surface area contributed by atoms with Crippen molar-refractivity contribution in [1.29, 1.82) is 0 Å². The lowest BCUT2D eigenvalue weighted by Gasteiger charge is -2.36. The molecule has 2 saturated heterocycles. The van der Waals surface area contributed by atoms with Gasteiger partial charge in [-0.15, -0.1) is 0 Å². The normalized spacial score (nSPS) is 21.2. The fraction of sp³-hybridized carbons (Fsp3) is 0.500. The number of β-amino-alcohol motifs (C(OH)–C–C–N with tert-alkyl or cyclic N) is 1. The molecule has 36 heavy (non-hydrogen) atoms. The minimum absolute atomic E-state index is 0.0112. The Hall–Kier alpha value is -3.10. The summed E-state index contributed by atoms with van der Waals surface area (Å²) in [6, 6.07) is 13.2. The van der Waals surface area contributed by atoms with Gasteiger partial charge in [0.1, 0.15) is 5.60 Å². The van der Waals surface area contributed by atoms with Crippen molar-refractivity contribution in [1.82, 2.24) is 24.7 Å². The summed E-state index contributed by atoms with van der Waals surface area (Å²) in [4.78, 5) is 18.9. The van der Waals surface area contributed by atoms with Gasteiger partial charge in [-0.2, -0.15) is 5.10 Å². The van der Waals surface area contributed by atoms with Gasteiger partial charge in [0, 0.05) is 69.3 Å². The molecule has 0 radical (unpaired) electrons. The molecule has 1 atom stereocenters. The Morgan fingerprint density at radius 2 is 1.72 bits per heavy atom. The number of nitrogens with one attached hydrogen (secondary N) is 1. The second-order valence-electron chi connectivity index (χ2n) is 10.8. The zero-order chi connectivity index (χ0) is 25.4. The van der Waals surface area contributed by atoms with Crippen LogP contribution < -0.4 is 10.2 Å². The lowest BCUT2D eigenvalue weighted by atomic mass is 9.91. The maximum atomic E-state index is 12.4. The largest absolute Gasteiger partial charge is 0.384 e. The average molecular weight is 491 g/mol. The number of amides is 2. The number of rotatable bonds is 5. The Balaban J connectivity index is 1.32. The van der Waals surface area contributed by atoms with Crippen molar-refractivity contribution in [2.75, 3.05) is 44.2 Å². The molecule has 0 bridgehead atoms. The van der Waals surface area contributed by atoms with Crippen molar-refractivity contribution >= 4 is 17.2 Å². The van der Waals surface area contributed by atoms with Gasteiger partial charge in [-0.3, -0.25) is 4.90 Å². The first kappa shape index (κ1) is 24.6. The van der Waals surface area contributed by atoms with Gasteiger partial charge in [0.15, 0.2) is 0 Å². The number of carbonyl (C=O) groups is 1. The summed E-state index contributed by atoms with van der Waals surface area (Å²) in [5, 5.41) is 18.8. The summed E-state index contributed by atoms with van der Waals surface area (Å²) >= 11 is 0. The number of likely N-dealkylation sites (tertiary alicyclic amines) is 1. The van der Waals surface area contributed by atoms with Crippen molar-refractivity contribution in [3.05, 3.63) is 54.4 Å². The number of aliphatic hydroxyl groups is 1. The van der Waals surface area contributed by atoms with E-state index >= 15 is 0 Å². The summed E-state index contributed by atoms with van der Waals surface area (Å²) in [6.45, 7) is 12.9. The maximum absolute atomic E-state index is 12.4. The molecule has 192 valence electrons. The molecule has 0 unspecified atom stereocenters. The lowest BCUT2D eigenvalue weighted by molar-refractivity contribution is 0.0425. The highest BCUT2D eigenvalue weighted by atomic mass is 16.3. The van der Waals surface area contributed by atoms with Crippen LogP contribution in [0, 0.1) is 0 Å². The number of hydrogen-bond donors (Lipinski definition) is 2. The highest BCUT2D eigenvalue weighted by Crippen LogP contribution is 2.35. The number of fused-ring (bicyclic) bond motifs is 1.